The third-order valence-electron chi connectivity index (χ3n) is 7.24. The number of imide groups is 1. The minimum absolute atomic E-state index is 0.116. The van der Waals surface area contributed by atoms with Gasteiger partial charge in [-0.05, 0) is 47.4 Å². The zero-order valence-electron chi connectivity index (χ0n) is 16.7. The first-order valence-corrected chi connectivity index (χ1v) is 10.7. The van der Waals surface area contributed by atoms with Gasteiger partial charge in [-0.15, -0.1) is 0 Å². The van der Waals surface area contributed by atoms with Crippen LogP contribution in [0.4, 0.5) is 5.69 Å². The highest BCUT2D eigenvalue weighted by Crippen LogP contribution is 2.64. The number of hydrogen-bond donors (Lipinski definition) is 0. The molecular weight excluding hydrogens is 410 g/mol. The minimum Gasteiger partial charge on any atom is -0.299 e. The summed E-state index contributed by atoms with van der Waals surface area (Å²) >= 11 is 6.16. The van der Waals surface area contributed by atoms with E-state index in [-0.39, 0.29) is 23.5 Å². The van der Waals surface area contributed by atoms with Crippen LogP contribution in [0.15, 0.2) is 72.8 Å². The normalized spacial score (nSPS) is 27.7. The zero-order chi connectivity index (χ0) is 21.5. The molecule has 152 valence electrons. The molecule has 5 heteroatoms. The lowest BCUT2D eigenvalue weighted by Crippen LogP contribution is -2.57. The molecule has 0 spiro atoms. The van der Waals surface area contributed by atoms with Crippen LogP contribution in [0.1, 0.15) is 35.1 Å². The third-order valence-corrected chi connectivity index (χ3v) is 7.47. The molecule has 3 aliphatic carbocycles. The Kier molecular flexibility index (Phi) is 3.67. The van der Waals surface area contributed by atoms with E-state index < -0.39 is 17.3 Å². The Bertz CT molecular complexity index is 1270. The van der Waals surface area contributed by atoms with E-state index in [9.17, 15) is 14.4 Å². The van der Waals surface area contributed by atoms with Crippen LogP contribution in [0.3, 0.4) is 0 Å². The summed E-state index contributed by atoms with van der Waals surface area (Å²) in [6.45, 7) is 1.54. The molecule has 1 saturated heterocycles. The summed E-state index contributed by atoms with van der Waals surface area (Å²) in [5.41, 5.74) is 2.90. The van der Waals surface area contributed by atoms with Gasteiger partial charge in [0.2, 0.25) is 11.8 Å². The number of rotatable bonds is 2. The molecule has 0 radical (unpaired) electrons. The topological polar surface area (TPSA) is 54.5 Å². The summed E-state index contributed by atoms with van der Waals surface area (Å²) < 4.78 is 0. The van der Waals surface area contributed by atoms with E-state index in [1.54, 1.807) is 24.3 Å². The highest BCUT2D eigenvalue weighted by Gasteiger charge is 2.69. The second kappa shape index (κ2) is 6.14. The number of carbonyl (C=O) groups is 3. The standard InChI is InChI=1S/C26H18ClNO3/c1-14(29)26-19-11-4-2-9-17(19)21(18-10-3-5-12-20(18)26)22-23(26)25(31)28(24(22)30)16-8-6-7-15(27)13-16/h2-13,21-23H,1H3. The van der Waals surface area contributed by atoms with Crippen molar-refractivity contribution in [3.8, 4) is 0 Å². The van der Waals surface area contributed by atoms with E-state index in [4.69, 9.17) is 11.6 Å². The fourth-order valence-corrected chi connectivity index (χ4v) is 6.42. The van der Waals surface area contributed by atoms with Crippen molar-refractivity contribution in [1.29, 1.82) is 0 Å². The predicted octanol–water partition coefficient (Wildman–Crippen LogP) is 4.48. The number of anilines is 1. The van der Waals surface area contributed by atoms with Gasteiger partial charge in [0, 0.05) is 10.9 Å². The quantitative estimate of drug-likeness (QED) is 0.566. The molecule has 4 aliphatic rings. The molecule has 0 N–H and O–H groups in total. The van der Waals surface area contributed by atoms with Crippen molar-refractivity contribution in [3.05, 3.63) is 100 Å². The van der Waals surface area contributed by atoms with Crippen LogP contribution in [-0.2, 0) is 19.8 Å². The maximum atomic E-state index is 13.9. The van der Waals surface area contributed by atoms with Crippen LogP contribution in [0.5, 0.6) is 0 Å². The highest BCUT2D eigenvalue weighted by atomic mass is 35.5. The van der Waals surface area contributed by atoms with E-state index in [1.807, 2.05) is 48.5 Å². The Morgan fingerprint density at radius 1 is 0.871 bits per heavy atom. The van der Waals surface area contributed by atoms with Gasteiger partial charge in [0.15, 0.2) is 0 Å². The van der Waals surface area contributed by atoms with Gasteiger partial charge in [0.25, 0.3) is 0 Å². The number of halogens is 1. The smallest absolute Gasteiger partial charge is 0.239 e. The molecule has 3 aromatic carbocycles. The number of carbonyl (C=O) groups excluding carboxylic acids is 3. The number of ketones is 1. The predicted molar refractivity (Wildman–Crippen MR) is 117 cm³/mol. The van der Waals surface area contributed by atoms with Gasteiger partial charge in [0.05, 0.1) is 22.9 Å². The summed E-state index contributed by atoms with van der Waals surface area (Å²) in [6.07, 6.45) is 0. The van der Waals surface area contributed by atoms with Crippen molar-refractivity contribution >= 4 is 34.9 Å². The summed E-state index contributed by atoms with van der Waals surface area (Å²) in [5, 5.41) is 0.448. The fourth-order valence-electron chi connectivity index (χ4n) is 6.24. The van der Waals surface area contributed by atoms with Gasteiger partial charge in [0.1, 0.15) is 5.78 Å². The minimum atomic E-state index is -1.17. The van der Waals surface area contributed by atoms with Crippen LogP contribution in [0.2, 0.25) is 5.02 Å². The van der Waals surface area contributed by atoms with Crippen molar-refractivity contribution in [2.45, 2.75) is 18.3 Å². The first-order chi connectivity index (χ1) is 15.0. The molecule has 1 fully saturated rings. The molecule has 0 saturated carbocycles. The van der Waals surface area contributed by atoms with Gasteiger partial charge in [-0.2, -0.15) is 0 Å². The Morgan fingerprint density at radius 2 is 1.48 bits per heavy atom. The molecule has 2 unspecified atom stereocenters. The molecule has 2 amide bonds. The average molecular weight is 428 g/mol. The third kappa shape index (κ3) is 2.08. The second-order valence-electron chi connectivity index (χ2n) is 8.51. The lowest BCUT2D eigenvalue weighted by molar-refractivity contribution is -0.132. The summed E-state index contributed by atoms with van der Waals surface area (Å²) in [6, 6.07) is 22.3. The van der Waals surface area contributed by atoms with Gasteiger partial charge in [-0.1, -0.05) is 66.2 Å². The number of hydrogen-bond acceptors (Lipinski definition) is 3. The van der Waals surface area contributed by atoms with Crippen molar-refractivity contribution in [1.82, 2.24) is 0 Å². The Morgan fingerprint density at radius 3 is 2.06 bits per heavy atom. The van der Waals surface area contributed by atoms with Gasteiger partial charge in [-0.25, -0.2) is 4.90 Å². The summed E-state index contributed by atoms with van der Waals surface area (Å²) in [5.74, 6) is -2.38. The first kappa shape index (κ1) is 18.5. The van der Waals surface area contributed by atoms with Crippen molar-refractivity contribution in [2.75, 3.05) is 4.90 Å². The zero-order valence-corrected chi connectivity index (χ0v) is 17.5. The number of benzene rings is 3. The molecule has 0 aromatic heterocycles. The van der Waals surface area contributed by atoms with Gasteiger partial charge in [-0.3, -0.25) is 14.4 Å². The monoisotopic (exact) mass is 427 g/mol. The largest absolute Gasteiger partial charge is 0.299 e. The molecule has 4 nitrogen and oxygen atoms in total. The molecule has 1 heterocycles. The van der Waals surface area contributed by atoms with Crippen molar-refractivity contribution < 1.29 is 14.4 Å². The Balaban J connectivity index is 1.68. The van der Waals surface area contributed by atoms with Crippen molar-refractivity contribution in [3.63, 3.8) is 0 Å². The fraction of sp³-hybridized carbons (Fsp3) is 0.192. The SMILES string of the molecule is CC(=O)C12c3ccccc3C(c3ccccc31)C1C(=O)N(c3cccc(Cl)c3)C(=O)C12. The highest BCUT2D eigenvalue weighted by molar-refractivity contribution is 6.31. The lowest BCUT2D eigenvalue weighted by atomic mass is 9.46. The average Bonchev–Trinajstić information content (AvgIpc) is 3.04. The lowest BCUT2D eigenvalue weighted by Gasteiger charge is -2.52. The van der Waals surface area contributed by atoms with E-state index >= 15 is 0 Å². The number of Topliss-reactive ketones (excluding diaryl/α,β-unsaturated/α-hetero) is 1. The first-order valence-electron chi connectivity index (χ1n) is 10.3. The van der Waals surface area contributed by atoms with E-state index in [0.717, 1.165) is 22.3 Å². The Hall–Kier alpha value is -3.24. The molecule has 31 heavy (non-hydrogen) atoms. The molecule has 7 rings (SSSR count). The van der Waals surface area contributed by atoms with Crippen LogP contribution in [0, 0.1) is 11.8 Å². The van der Waals surface area contributed by atoms with Crippen molar-refractivity contribution in [2.24, 2.45) is 11.8 Å². The molecule has 1 aliphatic heterocycles. The number of amides is 2. The summed E-state index contributed by atoms with van der Waals surface area (Å²) in [4.78, 5) is 42.4. The van der Waals surface area contributed by atoms with Crippen LogP contribution < -0.4 is 4.90 Å². The maximum Gasteiger partial charge on any atom is 0.239 e. The van der Waals surface area contributed by atoms with Crippen LogP contribution >= 0.6 is 11.6 Å². The van der Waals surface area contributed by atoms with E-state index in [1.165, 1.54) is 11.8 Å². The van der Waals surface area contributed by atoms with E-state index in [0.29, 0.717) is 10.7 Å². The maximum absolute atomic E-state index is 13.9. The van der Waals surface area contributed by atoms with Gasteiger partial charge >= 0.3 is 0 Å². The Labute approximate surface area is 184 Å². The number of nitrogens with zero attached hydrogens (tertiary/aromatic N) is 1. The molecule has 2 bridgehead atoms. The molecule has 3 aromatic rings. The van der Waals surface area contributed by atoms with Crippen LogP contribution in [-0.4, -0.2) is 17.6 Å². The molecular formula is C26H18ClNO3. The van der Waals surface area contributed by atoms with Crippen LogP contribution in [0.25, 0.3) is 0 Å². The molecule has 2 atom stereocenters. The summed E-state index contributed by atoms with van der Waals surface area (Å²) in [7, 11) is 0. The second-order valence-corrected chi connectivity index (χ2v) is 8.95. The van der Waals surface area contributed by atoms with Gasteiger partial charge < -0.3 is 0 Å². The van der Waals surface area contributed by atoms with E-state index in [2.05, 4.69) is 0 Å².